The first kappa shape index (κ1) is 18.6. The van der Waals surface area contributed by atoms with Gasteiger partial charge in [0.15, 0.2) is 0 Å². The Bertz CT molecular complexity index is 848. The summed E-state index contributed by atoms with van der Waals surface area (Å²) in [5, 5.41) is 0. The van der Waals surface area contributed by atoms with Crippen LogP contribution in [0.4, 0.5) is 5.69 Å². The smallest absolute Gasteiger partial charge is 0.261 e. The molecule has 1 aliphatic rings. The monoisotopic (exact) mass is 374 g/mol. The summed E-state index contributed by atoms with van der Waals surface area (Å²) in [6, 6.07) is 13.0. The maximum atomic E-state index is 12.4. The summed E-state index contributed by atoms with van der Waals surface area (Å²) in [4.78, 5) is 13.1. The minimum Gasteiger partial charge on any atom is -0.371 e. The van der Waals surface area contributed by atoms with E-state index < -0.39 is 10.0 Å². The molecule has 138 valence electrons. The van der Waals surface area contributed by atoms with Crippen molar-refractivity contribution in [1.82, 2.24) is 4.90 Å². The SMILES string of the molecule is CCN1CCOC(c2ccc(NS(=O)(=O)c3ccc(C=O)cc3)cc2)C1. The number of carbonyl (C=O) groups excluding carboxylic acids is 1. The van der Waals surface area contributed by atoms with Gasteiger partial charge < -0.3 is 4.74 Å². The number of rotatable bonds is 6. The molecular weight excluding hydrogens is 352 g/mol. The summed E-state index contributed by atoms with van der Waals surface area (Å²) in [7, 11) is -3.69. The molecule has 0 amide bonds. The number of morpholine rings is 1. The van der Waals surface area contributed by atoms with Crippen LogP contribution in [0.1, 0.15) is 28.9 Å². The van der Waals surface area contributed by atoms with E-state index in [1.165, 1.54) is 24.3 Å². The molecule has 0 aliphatic carbocycles. The van der Waals surface area contributed by atoms with Gasteiger partial charge in [-0.15, -0.1) is 0 Å². The van der Waals surface area contributed by atoms with Crippen molar-refractivity contribution < 1.29 is 17.9 Å². The first-order chi connectivity index (χ1) is 12.5. The lowest BCUT2D eigenvalue weighted by atomic mass is 10.1. The summed E-state index contributed by atoms with van der Waals surface area (Å²) >= 11 is 0. The highest BCUT2D eigenvalue weighted by Gasteiger charge is 2.21. The lowest BCUT2D eigenvalue weighted by Gasteiger charge is -2.32. The molecule has 0 aromatic heterocycles. The molecule has 26 heavy (non-hydrogen) atoms. The van der Waals surface area contributed by atoms with E-state index in [-0.39, 0.29) is 11.0 Å². The molecule has 7 heteroatoms. The summed E-state index contributed by atoms with van der Waals surface area (Å²) in [6.45, 7) is 5.59. The second-order valence-electron chi connectivity index (χ2n) is 6.17. The number of carbonyl (C=O) groups is 1. The van der Waals surface area contributed by atoms with Crippen LogP contribution in [0.5, 0.6) is 0 Å². The maximum absolute atomic E-state index is 12.4. The molecule has 1 heterocycles. The van der Waals surface area contributed by atoms with Crippen molar-refractivity contribution in [3.63, 3.8) is 0 Å². The first-order valence-corrected chi connectivity index (χ1v) is 10.0. The number of aldehydes is 1. The number of ether oxygens (including phenoxy) is 1. The van der Waals surface area contributed by atoms with Crippen molar-refractivity contribution in [1.29, 1.82) is 0 Å². The van der Waals surface area contributed by atoms with E-state index >= 15 is 0 Å². The van der Waals surface area contributed by atoms with Crippen LogP contribution in [0.15, 0.2) is 53.4 Å². The molecular formula is C19H22N2O4S. The van der Waals surface area contributed by atoms with Gasteiger partial charge in [0.25, 0.3) is 10.0 Å². The molecule has 1 unspecified atom stereocenters. The van der Waals surface area contributed by atoms with E-state index in [9.17, 15) is 13.2 Å². The van der Waals surface area contributed by atoms with Gasteiger partial charge in [0.1, 0.15) is 6.29 Å². The van der Waals surface area contributed by atoms with Gasteiger partial charge in [-0.3, -0.25) is 14.4 Å². The lowest BCUT2D eigenvalue weighted by Crippen LogP contribution is -2.38. The number of sulfonamides is 1. The van der Waals surface area contributed by atoms with Gasteiger partial charge in [-0.05, 0) is 36.4 Å². The molecule has 1 aliphatic heterocycles. The second kappa shape index (κ2) is 7.99. The number of nitrogens with zero attached hydrogens (tertiary/aromatic N) is 1. The minimum atomic E-state index is -3.69. The highest BCUT2D eigenvalue weighted by atomic mass is 32.2. The van der Waals surface area contributed by atoms with Crippen molar-refractivity contribution in [2.24, 2.45) is 0 Å². The van der Waals surface area contributed by atoms with Crippen LogP contribution in [0.3, 0.4) is 0 Å². The fraction of sp³-hybridized carbons (Fsp3) is 0.316. The van der Waals surface area contributed by atoms with Gasteiger partial charge in [0.2, 0.25) is 0 Å². The summed E-state index contributed by atoms with van der Waals surface area (Å²) in [5.74, 6) is 0. The Morgan fingerprint density at radius 1 is 1.15 bits per heavy atom. The third-order valence-corrected chi connectivity index (χ3v) is 5.86. The van der Waals surface area contributed by atoms with Gasteiger partial charge in [-0.1, -0.05) is 31.2 Å². The van der Waals surface area contributed by atoms with Gasteiger partial charge in [0, 0.05) is 24.3 Å². The zero-order chi connectivity index (χ0) is 18.6. The minimum absolute atomic E-state index is 0.00485. The van der Waals surface area contributed by atoms with E-state index in [0.29, 0.717) is 24.1 Å². The first-order valence-electron chi connectivity index (χ1n) is 8.54. The molecule has 1 N–H and O–H groups in total. The molecule has 0 spiro atoms. The molecule has 3 rings (SSSR count). The lowest BCUT2D eigenvalue weighted by molar-refractivity contribution is -0.0281. The van der Waals surface area contributed by atoms with Crippen molar-refractivity contribution in [3.8, 4) is 0 Å². The Morgan fingerprint density at radius 2 is 1.85 bits per heavy atom. The van der Waals surface area contributed by atoms with Gasteiger partial charge in [-0.25, -0.2) is 8.42 Å². The van der Waals surface area contributed by atoms with Crippen molar-refractivity contribution in [3.05, 3.63) is 59.7 Å². The number of nitrogens with one attached hydrogen (secondary N) is 1. The van der Waals surface area contributed by atoms with Crippen molar-refractivity contribution in [2.45, 2.75) is 17.9 Å². The molecule has 6 nitrogen and oxygen atoms in total. The normalized spacial score (nSPS) is 18.4. The van der Waals surface area contributed by atoms with Crippen LogP contribution < -0.4 is 4.72 Å². The second-order valence-corrected chi connectivity index (χ2v) is 7.85. The van der Waals surface area contributed by atoms with Crippen LogP contribution in [0.2, 0.25) is 0 Å². The third-order valence-electron chi connectivity index (χ3n) is 4.46. The van der Waals surface area contributed by atoms with Crippen LogP contribution >= 0.6 is 0 Å². The molecule has 0 saturated carbocycles. The fourth-order valence-electron chi connectivity index (χ4n) is 2.90. The molecule has 1 saturated heterocycles. The van der Waals surface area contributed by atoms with E-state index in [2.05, 4.69) is 16.5 Å². The van der Waals surface area contributed by atoms with Crippen molar-refractivity contribution in [2.75, 3.05) is 31.0 Å². The topological polar surface area (TPSA) is 75.7 Å². The Morgan fingerprint density at radius 3 is 2.46 bits per heavy atom. The summed E-state index contributed by atoms with van der Waals surface area (Å²) in [6.07, 6.45) is 0.681. The van der Waals surface area contributed by atoms with Gasteiger partial charge in [-0.2, -0.15) is 0 Å². The van der Waals surface area contributed by atoms with Crippen LogP contribution in [-0.2, 0) is 14.8 Å². The van der Waals surface area contributed by atoms with Gasteiger partial charge in [0.05, 0.1) is 17.6 Å². The van der Waals surface area contributed by atoms with E-state index in [4.69, 9.17) is 4.74 Å². The Labute approximate surface area is 153 Å². The third kappa shape index (κ3) is 4.30. The molecule has 2 aromatic carbocycles. The standard InChI is InChI=1S/C19H22N2O4S/c1-2-21-11-12-25-19(13-21)16-5-7-17(8-6-16)20-26(23,24)18-9-3-15(14-22)4-10-18/h3-10,14,19-20H,2,11-13H2,1H3. The van der Waals surface area contributed by atoms with Crippen molar-refractivity contribution >= 4 is 22.0 Å². The van der Waals surface area contributed by atoms with E-state index in [0.717, 1.165) is 25.2 Å². The molecule has 1 fully saturated rings. The molecule has 2 aromatic rings. The number of likely N-dealkylation sites (N-methyl/N-ethyl adjacent to an activating group) is 1. The largest absolute Gasteiger partial charge is 0.371 e. The predicted octanol–water partition coefficient (Wildman–Crippen LogP) is 2.69. The number of hydrogen-bond acceptors (Lipinski definition) is 5. The average Bonchev–Trinajstić information content (AvgIpc) is 2.68. The number of benzene rings is 2. The van der Waals surface area contributed by atoms with Crippen LogP contribution in [-0.4, -0.2) is 45.8 Å². The Balaban J connectivity index is 1.71. The summed E-state index contributed by atoms with van der Waals surface area (Å²) < 4.78 is 33.3. The van der Waals surface area contributed by atoms with Crippen LogP contribution in [0.25, 0.3) is 0 Å². The Kier molecular flexibility index (Phi) is 5.70. The quantitative estimate of drug-likeness (QED) is 0.787. The van der Waals surface area contributed by atoms with Gasteiger partial charge >= 0.3 is 0 Å². The van der Waals surface area contributed by atoms with Crippen LogP contribution in [0, 0.1) is 0 Å². The zero-order valence-corrected chi connectivity index (χ0v) is 15.4. The zero-order valence-electron chi connectivity index (χ0n) is 14.6. The Hall–Kier alpha value is -2.22. The molecule has 0 bridgehead atoms. The highest BCUT2D eigenvalue weighted by molar-refractivity contribution is 7.92. The molecule has 1 atom stereocenters. The average molecular weight is 374 g/mol. The number of hydrogen-bond donors (Lipinski definition) is 1. The number of anilines is 1. The highest BCUT2D eigenvalue weighted by Crippen LogP contribution is 2.24. The fourth-order valence-corrected chi connectivity index (χ4v) is 3.96. The summed E-state index contributed by atoms with van der Waals surface area (Å²) in [5.41, 5.74) is 1.94. The van der Waals surface area contributed by atoms with E-state index in [1.807, 2.05) is 12.1 Å². The maximum Gasteiger partial charge on any atom is 0.261 e. The van der Waals surface area contributed by atoms with E-state index in [1.54, 1.807) is 12.1 Å². The molecule has 0 radical (unpaired) electrons. The predicted molar refractivity (Wildman–Crippen MR) is 99.9 cm³/mol.